The predicted octanol–water partition coefficient (Wildman–Crippen LogP) is 4.38. The molecule has 0 unspecified atom stereocenters. The number of benzene rings is 2. The molecule has 3 aromatic rings. The Hall–Kier alpha value is -3.74. The number of ether oxygens (including phenoxy) is 3. The normalized spacial score (nSPS) is 11.1. The maximum absolute atomic E-state index is 5.99. The Bertz CT molecular complexity index is 964. The summed E-state index contributed by atoms with van der Waals surface area (Å²) >= 11 is 0. The van der Waals surface area contributed by atoms with Gasteiger partial charge in [0.1, 0.15) is 0 Å². The van der Waals surface area contributed by atoms with Crippen molar-refractivity contribution in [3.63, 3.8) is 0 Å². The minimum atomic E-state index is 0.346. The molecule has 0 aliphatic rings. The number of para-hydroxylation sites is 1. The molecule has 0 aliphatic carbocycles. The van der Waals surface area contributed by atoms with Crippen molar-refractivity contribution in [3.05, 3.63) is 71.9 Å². The molecule has 3 rings (SSSR count). The summed E-state index contributed by atoms with van der Waals surface area (Å²) < 4.78 is 16.5. The van der Waals surface area contributed by atoms with Crippen molar-refractivity contribution in [2.24, 2.45) is 10.7 Å². The first-order valence-corrected chi connectivity index (χ1v) is 9.62. The second-order valence-corrected chi connectivity index (χ2v) is 6.48. The lowest BCUT2D eigenvalue weighted by Gasteiger charge is -2.13. The van der Waals surface area contributed by atoms with Crippen molar-refractivity contribution in [2.45, 2.75) is 19.9 Å². The van der Waals surface area contributed by atoms with E-state index in [2.05, 4.69) is 34.3 Å². The van der Waals surface area contributed by atoms with Crippen molar-refractivity contribution < 1.29 is 14.2 Å². The average Bonchev–Trinajstić information content (AvgIpc) is 2.79. The molecule has 2 aromatic carbocycles. The molecular weight excluding hydrogens is 380 g/mol. The zero-order chi connectivity index (χ0) is 21.3. The van der Waals surface area contributed by atoms with Crippen LogP contribution in [0.4, 0.5) is 5.69 Å². The molecule has 0 amide bonds. The van der Waals surface area contributed by atoms with Crippen LogP contribution in [0.5, 0.6) is 23.1 Å². The van der Waals surface area contributed by atoms with Crippen molar-refractivity contribution in [3.8, 4) is 23.1 Å². The Morgan fingerprint density at radius 1 is 0.967 bits per heavy atom. The van der Waals surface area contributed by atoms with Crippen molar-refractivity contribution in [1.82, 2.24) is 4.98 Å². The van der Waals surface area contributed by atoms with Crippen molar-refractivity contribution in [2.75, 3.05) is 19.5 Å². The van der Waals surface area contributed by atoms with Crippen LogP contribution in [-0.4, -0.2) is 25.2 Å². The van der Waals surface area contributed by atoms with Crippen LogP contribution >= 0.6 is 0 Å². The largest absolute Gasteiger partial charge is 0.493 e. The van der Waals surface area contributed by atoms with Gasteiger partial charge in [-0.25, -0.2) is 9.98 Å². The number of nitrogens with two attached hydrogens (primary N) is 1. The number of guanidine groups is 1. The molecule has 0 bridgehead atoms. The molecule has 7 heteroatoms. The van der Waals surface area contributed by atoms with E-state index in [1.54, 1.807) is 38.6 Å². The van der Waals surface area contributed by atoms with Crippen LogP contribution in [0.1, 0.15) is 18.1 Å². The molecule has 30 heavy (non-hydrogen) atoms. The summed E-state index contributed by atoms with van der Waals surface area (Å²) in [5, 5.41) is 3.09. The number of nitrogens with zero attached hydrogens (tertiary/aromatic N) is 2. The van der Waals surface area contributed by atoms with Gasteiger partial charge < -0.3 is 25.3 Å². The number of nitrogens with one attached hydrogen (secondary N) is 1. The maximum Gasteiger partial charge on any atom is 0.219 e. The summed E-state index contributed by atoms with van der Waals surface area (Å²) in [4.78, 5) is 8.71. The van der Waals surface area contributed by atoms with Crippen LogP contribution in [0, 0.1) is 0 Å². The molecule has 1 heterocycles. The Labute approximate surface area is 176 Å². The summed E-state index contributed by atoms with van der Waals surface area (Å²) in [6.45, 7) is 2.52. The van der Waals surface area contributed by atoms with Gasteiger partial charge in [0.05, 0.1) is 20.8 Å². The van der Waals surface area contributed by atoms with Crippen LogP contribution in [0.15, 0.2) is 65.8 Å². The van der Waals surface area contributed by atoms with E-state index in [1.165, 1.54) is 5.56 Å². The molecule has 3 N–H and O–H groups in total. The van der Waals surface area contributed by atoms with Gasteiger partial charge in [-0.2, -0.15) is 0 Å². The van der Waals surface area contributed by atoms with E-state index in [4.69, 9.17) is 19.9 Å². The average molecular weight is 406 g/mol. The highest BCUT2D eigenvalue weighted by Crippen LogP contribution is 2.39. The number of aryl methyl sites for hydroxylation is 1. The first kappa shape index (κ1) is 21.0. The first-order chi connectivity index (χ1) is 14.6. The molecule has 0 saturated carbocycles. The monoisotopic (exact) mass is 406 g/mol. The van der Waals surface area contributed by atoms with Crippen LogP contribution < -0.4 is 25.3 Å². The molecular formula is C23H26N4O3. The quantitative estimate of drug-likeness (QED) is 0.426. The molecule has 7 nitrogen and oxygen atoms in total. The molecule has 0 aliphatic heterocycles. The van der Waals surface area contributed by atoms with Crippen LogP contribution in [-0.2, 0) is 13.0 Å². The number of aliphatic imine (C=N–C) groups is 1. The summed E-state index contributed by atoms with van der Waals surface area (Å²) in [6, 6.07) is 17.2. The fourth-order valence-corrected chi connectivity index (χ4v) is 2.77. The third-order valence-corrected chi connectivity index (χ3v) is 4.45. The second-order valence-electron chi connectivity index (χ2n) is 6.48. The van der Waals surface area contributed by atoms with Gasteiger partial charge in [0.15, 0.2) is 17.5 Å². The minimum Gasteiger partial charge on any atom is -0.493 e. The van der Waals surface area contributed by atoms with Crippen LogP contribution in [0.3, 0.4) is 0 Å². The second kappa shape index (κ2) is 10.2. The molecule has 0 radical (unpaired) electrons. The highest BCUT2D eigenvalue weighted by Gasteiger charge is 2.13. The van der Waals surface area contributed by atoms with Crippen molar-refractivity contribution in [1.29, 1.82) is 0 Å². The fraction of sp³-hybridized carbons (Fsp3) is 0.217. The summed E-state index contributed by atoms with van der Waals surface area (Å²) in [6.07, 6.45) is 2.70. The molecule has 156 valence electrons. The van der Waals surface area contributed by atoms with E-state index in [0.717, 1.165) is 17.7 Å². The van der Waals surface area contributed by atoms with Gasteiger partial charge in [0.2, 0.25) is 11.6 Å². The van der Waals surface area contributed by atoms with Crippen LogP contribution in [0.2, 0.25) is 0 Å². The van der Waals surface area contributed by atoms with Gasteiger partial charge in [-0.1, -0.05) is 31.2 Å². The smallest absolute Gasteiger partial charge is 0.219 e. The first-order valence-electron chi connectivity index (χ1n) is 9.62. The molecule has 0 spiro atoms. The van der Waals surface area contributed by atoms with Crippen LogP contribution in [0.25, 0.3) is 0 Å². The number of pyridine rings is 1. The van der Waals surface area contributed by atoms with Gasteiger partial charge in [-0.05, 0) is 41.8 Å². The summed E-state index contributed by atoms with van der Waals surface area (Å²) in [5.74, 6) is 2.38. The Morgan fingerprint density at radius 2 is 1.63 bits per heavy atom. The highest BCUT2D eigenvalue weighted by molar-refractivity contribution is 5.92. The van der Waals surface area contributed by atoms with Gasteiger partial charge >= 0.3 is 0 Å². The van der Waals surface area contributed by atoms with Gasteiger partial charge in [0, 0.05) is 18.0 Å². The minimum absolute atomic E-state index is 0.346. The lowest BCUT2D eigenvalue weighted by Crippen LogP contribution is -2.22. The van der Waals surface area contributed by atoms with E-state index >= 15 is 0 Å². The predicted molar refractivity (Wildman–Crippen MR) is 119 cm³/mol. The Morgan fingerprint density at radius 3 is 2.20 bits per heavy atom. The zero-order valence-electron chi connectivity index (χ0n) is 17.4. The molecule has 0 fully saturated rings. The maximum atomic E-state index is 5.99. The lowest BCUT2D eigenvalue weighted by molar-refractivity contribution is 0.342. The number of hydrogen-bond donors (Lipinski definition) is 2. The number of methoxy groups -OCH3 is 2. The van der Waals surface area contributed by atoms with Crippen molar-refractivity contribution >= 4 is 11.6 Å². The third-order valence-electron chi connectivity index (χ3n) is 4.45. The molecule has 1 aromatic heterocycles. The van der Waals surface area contributed by atoms with E-state index in [-0.39, 0.29) is 0 Å². The topological polar surface area (TPSA) is 91.0 Å². The van der Waals surface area contributed by atoms with E-state index in [9.17, 15) is 0 Å². The van der Waals surface area contributed by atoms with Gasteiger partial charge in [-0.3, -0.25) is 0 Å². The van der Waals surface area contributed by atoms with E-state index in [1.807, 2.05) is 24.3 Å². The summed E-state index contributed by atoms with van der Waals surface area (Å²) in [7, 11) is 3.15. The standard InChI is InChI=1S/C23H26N4O3/c1-4-16-8-11-18(12-9-16)27-23(24)26-15-17-10-13-21(25-14-17)30-22-19(28-2)6-5-7-20(22)29-3/h5-14H,4,15H2,1-3H3,(H3,24,26,27). The number of anilines is 1. The highest BCUT2D eigenvalue weighted by atomic mass is 16.5. The van der Waals surface area contributed by atoms with Gasteiger partial charge in [0.25, 0.3) is 0 Å². The summed E-state index contributed by atoms with van der Waals surface area (Å²) in [5.41, 5.74) is 9.07. The molecule has 0 saturated heterocycles. The number of hydrogen-bond acceptors (Lipinski definition) is 5. The number of aromatic nitrogens is 1. The lowest BCUT2D eigenvalue weighted by atomic mass is 10.1. The van der Waals surface area contributed by atoms with E-state index < -0.39 is 0 Å². The molecule has 0 atom stereocenters. The fourth-order valence-electron chi connectivity index (χ4n) is 2.77. The van der Waals surface area contributed by atoms with E-state index in [0.29, 0.717) is 35.6 Å². The zero-order valence-corrected chi connectivity index (χ0v) is 17.4. The number of rotatable bonds is 8. The Kier molecular flexibility index (Phi) is 7.10. The third kappa shape index (κ3) is 5.41. The Balaban J connectivity index is 1.62. The van der Waals surface area contributed by atoms with Gasteiger partial charge in [-0.15, -0.1) is 0 Å². The SMILES string of the molecule is CCc1ccc(NC(N)=NCc2ccc(Oc3c(OC)cccc3OC)nc2)cc1.